The Kier molecular flexibility index (Phi) is 5.01. The number of ether oxygens (including phenoxy) is 2. The number of aromatic nitrogens is 4. The first-order chi connectivity index (χ1) is 14.8. The first-order valence-corrected chi connectivity index (χ1v) is 8.97. The topological polar surface area (TPSA) is 99.6 Å². The third-order valence-corrected chi connectivity index (χ3v) is 4.48. The SMILES string of the molecule is COc1cc(OC)cc(-c2cnc(Nc3cccc(C(F)(F)F)c3)c3nc(N)nn23)c1. The molecule has 0 bridgehead atoms. The molecule has 0 spiro atoms. The number of rotatable bonds is 5. The fourth-order valence-electron chi connectivity index (χ4n) is 3.04. The number of nitrogens with zero attached hydrogens (tertiary/aromatic N) is 4. The lowest BCUT2D eigenvalue weighted by atomic mass is 10.1. The van der Waals surface area contributed by atoms with Crippen LogP contribution >= 0.6 is 0 Å². The van der Waals surface area contributed by atoms with Crippen molar-refractivity contribution in [2.75, 3.05) is 25.3 Å². The molecule has 0 aliphatic carbocycles. The van der Waals surface area contributed by atoms with Gasteiger partial charge in [0.15, 0.2) is 5.82 Å². The Labute approximate surface area is 174 Å². The van der Waals surface area contributed by atoms with Gasteiger partial charge in [0.1, 0.15) is 11.5 Å². The molecule has 0 saturated heterocycles. The molecule has 0 aliphatic heterocycles. The molecule has 160 valence electrons. The molecule has 0 saturated carbocycles. The Hall–Kier alpha value is -4.02. The van der Waals surface area contributed by atoms with Crippen molar-refractivity contribution in [1.29, 1.82) is 0 Å². The Morgan fingerprint density at radius 1 is 1.03 bits per heavy atom. The van der Waals surface area contributed by atoms with Crippen molar-refractivity contribution in [3.8, 4) is 22.8 Å². The van der Waals surface area contributed by atoms with Crippen molar-refractivity contribution < 1.29 is 22.6 Å². The summed E-state index contributed by atoms with van der Waals surface area (Å²) in [6.07, 6.45) is -2.96. The van der Waals surface area contributed by atoms with Crippen LogP contribution in [0, 0.1) is 0 Å². The predicted octanol–water partition coefficient (Wildman–Crippen LogP) is 4.15. The third kappa shape index (κ3) is 4.02. The molecule has 3 N–H and O–H groups in total. The second kappa shape index (κ2) is 7.67. The largest absolute Gasteiger partial charge is 0.497 e. The van der Waals surface area contributed by atoms with Crippen molar-refractivity contribution in [3.63, 3.8) is 0 Å². The second-order valence-electron chi connectivity index (χ2n) is 6.50. The summed E-state index contributed by atoms with van der Waals surface area (Å²) in [4.78, 5) is 8.51. The number of nitrogen functional groups attached to an aromatic ring is 1. The standard InChI is InChI=1S/C20H17F3N6O2/c1-30-14-6-11(7-15(9-14)31-2)16-10-25-17(18-27-19(24)28-29(16)18)26-13-5-3-4-12(8-13)20(21,22)23/h3-10H,1-2H3,(H2,24,28)(H,25,26). The van der Waals surface area contributed by atoms with Gasteiger partial charge < -0.3 is 20.5 Å². The number of anilines is 3. The summed E-state index contributed by atoms with van der Waals surface area (Å²) in [5, 5.41) is 7.06. The lowest BCUT2D eigenvalue weighted by Crippen LogP contribution is -2.06. The number of benzene rings is 2. The van der Waals surface area contributed by atoms with Crippen molar-refractivity contribution in [2.45, 2.75) is 6.18 Å². The van der Waals surface area contributed by atoms with E-state index in [1.807, 2.05) is 0 Å². The lowest BCUT2D eigenvalue weighted by molar-refractivity contribution is -0.137. The molecular formula is C20H17F3N6O2. The van der Waals surface area contributed by atoms with Crippen LogP contribution in [0.2, 0.25) is 0 Å². The Morgan fingerprint density at radius 2 is 1.74 bits per heavy atom. The maximum atomic E-state index is 13.0. The van der Waals surface area contributed by atoms with Crippen LogP contribution in [0.5, 0.6) is 11.5 Å². The van der Waals surface area contributed by atoms with Crippen LogP contribution in [0.1, 0.15) is 5.56 Å². The van der Waals surface area contributed by atoms with Gasteiger partial charge in [0.2, 0.25) is 11.6 Å². The molecule has 4 rings (SSSR count). The zero-order valence-corrected chi connectivity index (χ0v) is 16.4. The van der Waals surface area contributed by atoms with Crippen LogP contribution < -0.4 is 20.5 Å². The molecule has 8 nitrogen and oxygen atoms in total. The Bertz CT molecular complexity index is 1230. The lowest BCUT2D eigenvalue weighted by Gasteiger charge is -2.12. The number of alkyl halides is 3. The van der Waals surface area contributed by atoms with E-state index in [2.05, 4.69) is 20.4 Å². The summed E-state index contributed by atoms with van der Waals surface area (Å²) in [6, 6.07) is 10.0. The number of hydrogen-bond donors (Lipinski definition) is 2. The van der Waals surface area contributed by atoms with E-state index in [0.717, 1.165) is 12.1 Å². The average molecular weight is 430 g/mol. The summed E-state index contributed by atoms with van der Waals surface area (Å²) >= 11 is 0. The molecule has 0 radical (unpaired) electrons. The molecule has 2 heterocycles. The van der Waals surface area contributed by atoms with E-state index in [0.29, 0.717) is 22.8 Å². The third-order valence-electron chi connectivity index (χ3n) is 4.48. The van der Waals surface area contributed by atoms with E-state index in [1.54, 1.807) is 18.2 Å². The highest BCUT2D eigenvalue weighted by Gasteiger charge is 2.30. The number of fused-ring (bicyclic) bond motifs is 1. The summed E-state index contributed by atoms with van der Waals surface area (Å²) in [7, 11) is 3.06. The van der Waals surface area contributed by atoms with Gasteiger partial charge in [-0.05, 0) is 30.3 Å². The molecule has 0 atom stereocenters. The number of methoxy groups -OCH3 is 2. The quantitative estimate of drug-likeness (QED) is 0.491. The number of halogens is 3. The van der Waals surface area contributed by atoms with Gasteiger partial charge in [-0.1, -0.05) is 6.07 Å². The first kappa shape index (κ1) is 20.3. The fraction of sp³-hybridized carbons (Fsp3) is 0.150. The molecule has 31 heavy (non-hydrogen) atoms. The van der Waals surface area contributed by atoms with Gasteiger partial charge in [0, 0.05) is 17.3 Å². The van der Waals surface area contributed by atoms with Crippen LogP contribution in [-0.2, 0) is 6.18 Å². The molecule has 11 heteroatoms. The van der Waals surface area contributed by atoms with Gasteiger partial charge in [-0.2, -0.15) is 18.2 Å². The minimum atomic E-state index is -4.46. The maximum absolute atomic E-state index is 13.0. The monoisotopic (exact) mass is 430 g/mol. The Morgan fingerprint density at radius 3 is 2.39 bits per heavy atom. The molecule has 0 fully saturated rings. The minimum absolute atomic E-state index is 0.0174. The van der Waals surface area contributed by atoms with Crippen LogP contribution in [0.25, 0.3) is 16.9 Å². The smallest absolute Gasteiger partial charge is 0.416 e. The van der Waals surface area contributed by atoms with Crippen LogP contribution in [-0.4, -0.2) is 33.8 Å². The highest BCUT2D eigenvalue weighted by molar-refractivity contribution is 5.75. The molecule has 4 aromatic rings. The van der Waals surface area contributed by atoms with Crippen molar-refractivity contribution in [3.05, 3.63) is 54.2 Å². The number of nitrogens with one attached hydrogen (secondary N) is 1. The summed E-state index contributed by atoms with van der Waals surface area (Å²) in [5.74, 6) is 1.29. The zero-order valence-electron chi connectivity index (χ0n) is 16.4. The predicted molar refractivity (Wildman–Crippen MR) is 108 cm³/mol. The molecule has 0 unspecified atom stereocenters. The van der Waals surface area contributed by atoms with Crippen molar-refractivity contribution in [2.24, 2.45) is 0 Å². The molecule has 0 amide bonds. The van der Waals surface area contributed by atoms with Gasteiger partial charge in [0.25, 0.3) is 0 Å². The van der Waals surface area contributed by atoms with E-state index >= 15 is 0 Å². The van der Waals surface area contributed by atoms with Gasteiger partial charge in [-0.15, -0.1) is 5.10 Å². The first-order valence-electron chi connectivity index (χ1n) is 8.97. The minimum Gasteiger partial charge on any atom is -0.497 e. The molecular weight excluding hydrogens is 413 g/mol. The average Bonchev–Trinajstić information content (AvgIpc) is 3.15. The molecule has 2 aromatic heterocycles. The summed E-state index contributed by atoms with van der Waals surface area (Å²) < 4.78 is 51.1. The fourth-order valence-corrected chi connectivity index (χ4v) is 3.04. The normalized spacial score (nSPS) is 11.5. The maximum Gasteiger partial charge on any atom is 0.416 e. The highest BCUT2D eigenvalue weighted by atomic mass is 19.4. The van der Waals surface area contributed by atoms with E-state index in [-0.39, 0.29) is 23.1 Å². The number of hydrogen-bond acceptors (Lipinski definition) is 7. The second-order valence-corrected chi connectivity index (χ2v) is 6.50. The van der Waals surface area contributed by atoms with E-state index < -0.39 is 11.7 Å². The molecule has 2 aromatic carbocycles. The van der Waals surface area contributed by atoms with Crippen LogP contribution in [0.15, 0.2) is 48.7 Å². The van der Waals surface area contributed by atoms with Crippen molar-refractivity contribution >= 4 is 23.1 Å². The highest BCUT2D eigenvalue weighted by Crippen LogP contribution is 2.33. The number of nitrogens with two attached hydrogens (primary N) is 1. The van der Waals surface area contributed by atoms with E-state index in [9.17, 15) is 13.2 Å². The van der Waals surface area contributed by atoms with Gasteiger partial charge in [-0.3, -0.25) is 0 Å². The Balaban J connectivity index is 1.80. The van der Waals surface area contributed by atoms with Gasteiger partial charge >= 0.3 is 6.18 Å². The van der Waals surface area contributed by atoms with Gasteiger partial charge in [-0.25, -0.2) is 9.50 Å². The summed E-state index contributed by atoms with van der Waals surface area (Å²) in [5.41, 5.74) is 6.66. The van der Waals surface area contributed by atoms with Crippen molar-refractivity contribution in [1.82, 2.24) is 19.6 Å². The van der Waals surface area contributed by atoms with Crippen LogP contribution in [0.4, 0.5) is 30.6 Å². The van der Waals surface area contributed by atoms with E-state index in [4.69, 9.17) is 15.2 Å². The zero-order chi connectivity index (χ0) is 22.2. The van der Waals surface area contributed by atoms with Crippen LogP contribution in [0.3, 0.4) is 0 Å². The summed E-state index contributed by atoms with van der Waals surface area (Å²) in [6.45, 7) is 0. The van der Waals surface area contributed by atoms with Gasteiger partial charge in [0.05, 0.1) is 31.7 Å². The van der Waals surface area contributed by atoms with E-state index in [1.165, 1.54) is 37.1 Å². The molecule has 0 aliphatic rings.